The Morgan fingerprint density at radius 2 is 1.41 bits per heavy atom. The maximum absolute atomic E-state index is 4.64. The van der Waals surface area contributed by atoms with Crippen molar-refractivity contribution < 1.29 is 0 Å². The van der Waals surface area contributed by atoms with Crippen LogP contribution in [0.3, 0.4) is 0 Å². The molecule has 0 fully saturated rings. The van der Waals surface area contributed by atoms with Crippen molar-refractivity contribution in [2.24, 2.45) is 0 Å². The molecular weight excluding hydrogens is 420 g/mol. The number of hydrogen-bond acceptors (Lipinski definition) is 2. The van der Waals surface area contributed by atoms with Gasteiger partial charge >= 0.3 is 0 Å². The molecule has 1 N–H and O–H groups in total. The van der Waals surface area contributed by atoms with Crippen LogP contribution in [0.25, 0.3) is 11.1 Å². The van der Waals surface area contributed by atoms with E-state index in [4.69, 9.17) is 0 Å². The molecule has 4 rings (SSSR count). The van der Waals surface area contributed by atoms with Crippen molar-refractivity contribution in [3.8, 4) is 11.1 Å². The molecule has 0 saturated carbocycles. The quantitative estimate of drug-likeness (QED) is 0.328. The van der Waals surface area contributed by atoms with Crippen molar-refractivity contribution in [3.63, 3.8) is 0 Å². The van der Waals surface area contributed by atoms with Crippen LogP contribution >= 0.6 is 15.9 Å². The highest BCUT2D eigenvalue weighted by molar-refractivity contribution is 9.10. The third-order valence-corrected chi connectivity index (χ3v) is 5.60. The molecule has 0 unspecified atom stereocenters. The minimum Gasteiger partial charge on any atom is -0.385 e. The van der Waals surface area contributed by atoms with Crippen LogP contribution < -0.4 is 5.32 Å². The van der Waals surface area contributed by atoms with Crippen molar-refractivity contribution in [1.82, 2.24) is 4.98 Å². The topological polar surface area (TPSA) is 24.9 Å². The van der Waals surface area contributed by atoms with E-state index >= 15 is 0 Å². The van der Waals surface area contributed by atoms with E-state index in [0.717, 1.165) is 28.8 Å². The zero-order valence-corrected chi connectivity index (χ0v) is 17.7. The highest BCUT2D eigenvalue weighted by Gasteiger charge is 2.15. The standard InChI is InChI=1S/C26H23BrN2/c27-23-13-15-24(16-14-23)28-19-17-25(26-8-4-5-18-29-26)22-11-9-21(10-12-22)20-6-2-1-3-7-20/h1-16,18,25,28H,17,19H2/t25-/m1/s1. The molecule has 144 valence electrons. The largest absolute Gasteiger partial charge is 0.385 e. The van der Waals surface area contributed by atoms with Crippen molar-refractivity contribution in [3.05, 3.63) is 119 Å². The second kappa shape index (κ2) is 9.53. The minimum atomic E-state index is 0.254. The lowest BCUT2D eigenvalue weighted by Crippen LogP contribution is -2.10. The molecule has 0 bridgehead atoms. The van der Waals surface area contributed by atoms with Crippen LogP contribution in [0.2, 0.25) is 0 Å². The Balaban J connectivity index is 1.52. The summed E-state index contributed by atoms with van der Waals surface area (Å²) in [5.41, 5.74) is 6.01. The lowest BCUT2D eigenvalue weighted by molar-refractivity contribution is 0.722. The first-order valence-corrected chi connectivity index (χ1v) is 10.6. The first kappa shape index (κ1) is 19.4. The van der Waals surface area contributed by atoms with Crippen molar-refractivity contribution in [2.45, 2.75) is 12.3 Å². The first-order valence-electron chi connectivity index (χ1n) is 9.85. The number of nitrogens with one attached hydrogen (secondary N) is 1. The molecular formula is C26H23BrN2. The van der Waals surface area contributed by atoms with E-state index in [1.165, 1.54) is 16.7 Å². The number of halogens is 1. The number of anilines is 1. The van der Waals surface area contributed by atoms with Gasteiger partial charge in [-0.05, 0) is 59.5 Å². The molecule has 0 radical (unpaired) electrons. The van der Waals surface area contributed by atoms with Gasteiger partial charge in [-0.3, -0.25) is 4.98 Å². The van der Waals surface area contributed by atoms with Crippen LogP contribution in [0.1, 0.15) is 23.6 Å². The molecule has 0 aliphatic rings. The van der Waals surface area contributed by atoms with E-state index in [0.29, 0.717) is 0 Å². The van der Waals surface area contributed by atoms with Gasteiger partial charge in [0.05, 0.1) is 0 Å². The summed E-state index contributed by atoms with van der Waals surface area (Å²) in [6.07, 6.45) is 2.85. The van der Waals surface area contributed by atoms with Crippen LogP contribution in [0.4, 0.5) is 5.69 Å². The SMILES string of the molecule is Brc1ccc(NCC[C@H](c2ccc(-c3ccccc3)cc2)c2ccccn2)cc1. The Labute approximate surface area is 180 Å². The second-order valence-corrected chi connectivity index (χ2v) is 7.93. The number of pyridine rings is 1. The molecule has 0 saturated heterocycles. The monoisotopic (exact) mass is 442 g/mol. The van der Waals surface area contributed by atoms with Gasteiger partial charge in [-0.25, -0.2) is 0 Å². The highest BCUT2D eigenvalue weighted by Crippen LogP contribution is 2.29. The molecule has 0 spiro atoms. The lowest BCUT2D eigenvalue weighted by Gasteiger charge is -2.18. The molecule has 4 aromatic rings. The van der Waals surface area contributed by atoms with E-state index < -0.39 is 0 Å². The molecule has 2 nitrogen and oxygen atoms in total. The lowest BCUT2D eigenvalue weighted by atomic mass is 9.90. The van der Waals surface area contributed by atoms with Gasteiger partial charge in [0.1, 0.15) is 0 Å². The van der Waals surface area contributed by atoms with Gasteiger partial charge in [-0.1, -0.05) is 76.6 Å². The molecule has 29 heavy (non-hydrogen) atoms. The normalized spacial score (nSPS) is 11.8. The van der Waals surface area contributed by atoms with Gasteiger partial charge in [-0.2, -0.15) is 0 Å². The van der Waals surface area contributed by atoms with Crippen LogP contribution in [0, 0.1) is 0 Å². The van der Waals surface area contributed by atoms with Gasteiger partial charge in [-0.15, -0.1) is 0 Å². The van der Waals surface area contributed by atoms with Crippen molar-refractivity contribution in [1.29, 1.82) is 0 Å². The first-order chi connectivity index (χ1) is 14.3. The fourth-order valence-electron chi connectivity index (χ4n) is 3.53. The Morgan fingerprint density at radius 1 is 0.724 bits per heavy atom. The average molecular weight is 443 g/mol. The number of rotatable bonds is 7. The summed E-state index contributed by atoms with van der Waals surface area (Å²) >= 11 is 3.48. The van der Waals surface area contributed by atoms with Gasteiger partial charge in [0.25, 0.3) is 0 Å². The summed E-state index contributed by atoms with van der Waals surface area (Å²) in [6.45, 7) is 0.878. The Bertz CT molecular complexity index is 1010. The molecule has 1 atom stereocenters. The predicted molar refractivity (Wildman–Crippen MR) is 125 cm³/mol. The molecule has 3 heteroatoms. The highest BCUT2D eigenvalue weighted by atomic mass is 79.9. The number of hydrogen-bond donors (Lipinski definition) is 1. The Hall–Kier alpha value is -2.91. The second-order valence-electron chi connectivity index (χ2n) is 7.02. The molecule has 1 aromatic heterocycles. The zero-order chi connectivity index (χ0) is 19.9. The smallest absolute Gasteiger partial charge is 0.0479 e. The van der Waals surface area contributed by atoms with Crippen molar-refractivity contribution >= 4 is 21.6 Å². The van der Waals surface area contributed by atoms with Gasteiger partial charge in [0, 0.05) is 34.5 Å². The fourth-order valence-corrected chi connectivity index (χ4v) is 3.80. The van der Waals surface area contributed by atoms with Crippen LogP contribution in [0.15, 0.2) is 108 Å². The van der Waals surface area contributed by atoms with Crippen LogP contribution in [0.5, 0.6) is 0 Å². The number of aromatic nitrogens is 1. The molecule has 3 aromatic carbocycles. The Kier molecular flexibility index (Phi) is 6.38. The summed E-state index contributed by atoms with van der Waals surface area (Å²) in [5.74, 6) is 0.254. The third kappa shape index (κ3) is 5.12. The molecule has 1 heterocycles. The van der Waals surface area contributed by atoms with E-state index in [1.54, 1.807) is 0 Å². The summed E-state index contributed by atoms with van der Waals surface area (Å²) < 4.78 is 1.09. The van der Waals surface area contributed by atoms with E-state index in [-0.39, 0.29) is 5.92 Å². The van der Waals surface area contributed by atoms with E-state index in [1.807, 2.05) is 18.3 Å². The summed E-state index contributed by atoms with van der Waals surface area (Å²) in [6, 6.07) is 33.8. The zero-order valence-electron chi connectivity index (χ0n) is 16.1. The minimum absolute atomic E-state index is 0.254. The average Bonchev–Trinajstić information content (AvgIpc) is 2.79. The van der Waals surface area contributed by atoms with Gasteiger partial charge in [0.2, 0.25) is 0 Å². The number of nitrogens with zero attached hydrogens (tertiary/aromatic N) is 1. The predicted octanol–water partition coefficient (Wildman–Crippen LogP) is 7.15. The van der Waals surface area contributed by atoms with Crippen LogP contribution in [-0.4, -0.2) is 11.5 Å². The fraction of sp³-hybridized carbons (Fsp3) is 0.115. The maximum Gasteiger partial charge on any atom is 0.0479 e. The maximum atomic E-state index is 4.64. The molecule has 0 amide bonds. The summed E-state index contributed by atoms with van der Waals surface area (Å²) in [5, 5.41) is 3.53. The van der Waals surface area contributed by atoms with Crippen LogP contribution in [-0.2, 0) is 0 Å². The van der Waals surface area contributed by atoms with Crippen molar-refractivity contribution in [2.75, 3.05) is 11.9 Å². The number of benzene rings is 3. The van der Waals surface area contributed by atoms with E-state index in [2.05, 4.69) is 111 Å². The summed E-state index contributed by atoms with van der Waals surface area (Å²) in [7, 11) is 0. The van der Waals surface area contributed by atoms with E-state index in [9.17, 15) is 0 Å². The molecule has 0 aliphatic carbocycles. The van der Waals surface area contributed by atoms with Gasteiger partial charge < -0.3 is 5.32 Å². The third-order valence-electron chi connectivity index (χ3n) is 5.07. The van der Waals surface area contributed by atoms with Gasteiger partial charge in [0.15, 0.2) is 0 Å². The molecule has 0 aliphatic heterocycles. The summed E-state index contributed by atoms with van der Waals surface area (Å²) in [4.78, 5) is 4.64. The Morgan fingerprint density at radius 3 is 2.10 bits per heavy atom.